The van der Waals surface area contributed by atoms with Gasteiger partial charge in [-0.1, -0.05) is 18.2 Å². The molecular formula is C15H12F3NOS. The van der Waals surface area contributed by atoms with Gasteiger partial charge in [-0.15, -0.1) is 11.8 Å². The van der Waals surface area contributed by atoms with Crippen molar-refractivity contribution in [3.63, 3.8) is 0 Å². The van der Waals surface area contributed by atoms with Gasteiger partial charge in [0.2, 0.25) is 5.91 Å². The van der Waals surface area contributed by atoms with E-state index < -0.39 is 23.2 Å². The van der Waals surface area contributed by atoms with E-state index >= 15 is 0 Å². The van der Waals surface area contributed by atoms with Gasteiger partial charge in [-0.25, -0.2) is 13.2 Å². The lowest BCUT2D eigenvalue weighted by Crippen LogP contribution is -2.16. The zero-order valence-electron chi connectivity index (χ0n) is 10.9. The Balaban J connectivity index is 1.84. The second-order valence-electron chi connectivity index (χ2n) is 4.26. The molecule has 110 valence electrons. The standard InChI is InChI=1S/C15H12F3NOS/c16-11-6-4-10(5-7-11)8-21-9-14(20)19-15-12(17)2-1-3-13(15)18/h1-7H,8-9H2,(H,19,20). The summed E-state index contributed by atoms with van der Waals surface area (Å²) in [4.78, 5) is 11.6. The van der Waals surface area contributed by atoms with E-state index in [-0.39, 0.29) is 11.6 Å². The lowest BCUT2D eigenvalue weighted by Gasteiger charge is -2.07. The lowest BCUT2D eigenvalue weighted by atomic mass is 10.2. The molecule has 0 atom stereocenters. The minimum Gasteiger partial charge on any atom is -0.320 e. The van der Waals surface area contributed by atoms with Crippen molar-refractivity contribution in [2.75, 3.05) is 11.1 Å². The highest BCUT2D eigenvalue weighted by molar-refractivity contribution is 7.99. The van der Waals surface area contributed by atoms with E-state index in [1.54, 1.807) is 12.1 Å². The van der Waals surface area contributed by atoms with Crippen molar-refractivity contribution in [1.29, 1.82) is 0 Å². The van der Waals surface area contributed by atoms with Crippen molar-refractivity contribution < 1.29 is 18.0 Å². The fourth-order valence-corrected chi connectivity index (χ4v) is 2.42. The molecule has 1 N–H and O–H groups in total. The van der Waals surface area contributed by atoms with Crippen LogP contribution < -0.4 is 5.32 Å². The van der Waals surface area contributed by atoms with E-state index in [2.05, 4.69) is 5.32 Å². The predicted molar refractivity (Wildman–Crippen MR) is 77.5 cm³/mol. The van der Waals surface area contributed by atoms with Gasteiger partial charge in [-0.2, -0.15) is 0 Å². The number of carbonyl (C=O) groups is 1. The minimum atomic E-state index is -0.813. The van der Waals surface area contributed by atoms with Gasteiger partial charge in [0, 0.05) is 5.75 Å². The summed E-state index contributed by atoms with van der Waals surface area (Å²) in [7, 11) is 0. The maximum atomic E-state index is 13.3. The molecule has 2 rings (SSSR count). The number of hydrogen-bond donors (Lipinski definition) is 1. The van der Waals surface area contributed by atoms with Gasteiger partial charge in [0.1, 0.15) is 23.1 Å². The normalized spacial score (nSPS) is 10.4. The van der Waals surface area contributed by atoms with E-state index in [0.29, 0.717) is 5.75 Å². The predicted octanol–water partition coefficient (Wildman–Crippen LogP) is 3.98. The summed E-state index contributed by atoms with van der Waals surface area (Å²) in [5.41, 5.74) is 0.427. The molecule has 0 heterocycles. The van der Waals surface area contributed by atoms with Crippen LogP contribution >= 0.6 is 11.8 Å². The van der Waals surface area contributed by atoms with E-state index in [1.807, 2.05) is 0 Å². The third-order valence-corrected chi connectivity index (χ3v) is 3.65. The second kappa shape index (κ2) is 7.17. The fraction of sp³-hybridized carbons (Fsp3) is 0.133. The average molecular weight is 311 g/mol. The van der Waals surface area contributed by atoms with Gasteiger partial charge in [0.15, 0.2) is 0 Å². The molecule has 0 spiro atoms. The molecule has 21 heavy (non-hydrogen) atoms. The van der Waals surface area contributed by atoms with Crippen LogP contribution in [0.5, 0.6) is 0 Å². The number of halogens is 3. The Morgan fingerprint density at radius 1 is 1.00 bits per heavy atom. The van der Waals surface area contributed by atoms with Crippen molar-refractivity contribution >= 4 is 23.4 Å². The zero-order valence-corrected chi connectivity index (χ0v) is 11.7. The second-order valence-corrected chi connectivity index (χ2v) is 5.25. The van der Waals surface area contributed by atoms with Crippen LogP contribution in [0.25, 0.3) is 0 Å². The third kappa shape index (κ3) is 4.53. The molecule has 0 aromatic heterocycles. The molecule has 0 fully saturated rings. The Labute approximate surface area is 124 Å². The summed E-state index contributed by atoms with van der Waals surface area (Å²) in [5.74, 6) is -1.89. The lowest BCUT2D eigenvalue weighted by molar-refractivity contribution is -0.113. The van der Waals surface area contributed by atoms with Gasteiger partial charge in [-0.3, -0.25) is 4.79 Å². The molecule has 6 heteroatoms. The molecule has 2 aromatic carbocycles. The number of anilines is 1. The Kier molecular flexibility index (Phi) is 5.27. The highest BCUT2D eigenvalue weighted by atomic mass is 32.2. The first-order valence-corrected chi connectivity index (χ1v) is 7.28. The Bertz CT molecular complexity index is 611. The van der Waals surface area contributed by atoms with Gasteiger partial charge in [-0.05, 0) is 29.8 Å². The monoisotopic (exact) mass is 311 g/mol. The average Bonchev–Trinajstić information content (AvgIpc) is 2.45. The van der Waals surface area contributed by atoms with E-state index in [0.717, 1.165) is 17.7 Å². The van der Waals surface area contributed by atoms with Crippen LogP contribution in [-0.2, 0) is 10.5 Å². The highest BCUT2D eigenvalue weighted by Gasteiger charge is 2.11. The number of para-hydroxylation sites is 1. The summed E-state index contributed by atoms with van der Waals surface area (Å²) in [5, 5.41) is 2.20. The molecular weight excluding hydrogens is 299 g/mol. The smallest absolute Gasteiger partial charge is 0.234 e. The first-order valence-electron chi connectivity index (χ1n) is 6.12. The van der Waals surface area contributed by atoms with Gasteiger partial charge in [0.25, 0.3) is 0 Å². The van der Waals surface area contributed by atoms with Crippen molar-refractivity contribution in [1.82, 2.24) is 0 Å². The number of nitrogens with one attached hydrogen (secondary N) is 1. The molecule has 2 aromatic rings. The number of hydrogen-bond acceptors (Lipinski definition) is 2. The highest BCUT2D eigenvalue weighted by Crippen LogP contribution is 2.19. The quantitative estimate of drug-likeness (QED) is 0.905. The first-order chi connectivity index (χ1) is 10.1. The van der Waals surface area contributed by atoms with Crippen LogP contribution in [0, 0.1) is 17.5 Å². The van der Waals surface area contributed by atoms with Gasteiger partial charge in [0.05, 0.1) is 5.75 Å². The number of benzene rings is 2. The van der Waals surface area contributed by atoms with Crippen LogP contribution in [0.3, 0.4) is 0 Å². The number of thioether (sulfide) groups is 1. The van der Waals surface area contributed by atoms with Gasteiger partial charge < -0.3 is 5.32 Å². The Morgan fingerprint density at radius 2 is 1.62 bits per heavy atom. The molecule has 0 radical (unpaired) electrons. The summed E-state index contributed by atoms with van der Waals surface area (Å²) in [6.45, 7) is 0. The first kappa shape index (κ1) is 15.4. The summed E-state index contributed by atoms with van der Waals surface area (Å²) >= 11 is 1.27. The van der Waals surface area contributed by atoms with E-state index in [9.17, 15) is 18.0 Å². The van der Waals surface area contributed by atoms with Crippen molar-refractivity contribution in [3.8, 4) is 0 Å². The fourth-order valence-electron chi connectivity index (χ4n) is 1.63. The van der Waals surface area contributed by atoms with Crippen LogP contribution in [-0.4, -0.2) is 11.7 Å². The van der Waals surface area contributed by atoms with Crippen LogP contribution in [0.1, 0.15) is 5.56 Å². The molecule has 0 saturated heterocycles. The summed E-state index contributed by atoms with van der Waals surface area (Å²) < 4.78 is 39.4. The molecule has 0 aliphatic heterocycles. The Morgan fingerprint density at radius 3 is 2.24 bits per heavy atom. The molecule has 0 bridgehead atoms. The molecule has 0 aliphatic rings. The SMILES string of the molecule is O=C(CSCc1ccc(F)cc1)Nc1c(F)cccc1F. The molecule has 0 aliphatic carbocycles. The number of rotatable bonds is 5. The molecule has 0 unspecified atom stereocenters. The summed E-state index contributed by atoms with van der Waals surface area (Å²) in [6.07, 6.45) is 0. The maximum Gasteiger partial charge on any atom is 0.234 e. The van der Waals surface area contributed by atoms with Crippen molar-refractivity contribution in [2.45, 2.75) is 5.75 Å². The van der Waals surface area contributed by atoms with Crippen LogP contribution in [0.4, 0.5) is 18.9 Å². The van der Waals surface area contributed by atoms with Crippen LogP contribution in [0.15, 0.2) is 42.5 Å². The van der Waals surface area contributed by atoms with E-state index in [4.69, 9.17) is 0 Å². The summed E-state index contributed by atoms with van der Waals surface area (Å²) in [6, 6.07) is 9.29. The topological polar surface area (TPSA) is 29.1 Å². The molecule has 1 amide bonds. The number of amides is 1. The third-order valence-electron chi connectivity index (χ3n) is 2.64. The zero-order chi connectivity index (χ0) is 15.2. The van der Waals surface area contributed by atoms with Gasteiger partial charge >= 0.3 is 0 Å². The number of carbonyl (C=O) groups excluding carboxylic acids is 1. The maximum absolute atomic E-state index is 13.3. The van der Waals surface area contributed by atoms with Crippen molar-refractivity contribution in [3.05, 3.63) is 65.5 Å². The Hall–Kier alpha value is -1.95. The van der Waals surface area contributed by atoms with E-state index in [1.165, 1.54) is 30.0 Å². The van der Waals surface area contributed by atoms with Crippen molar-refractivity contribution in [2.24, 2.45) is 0 Å². The largest absolute Gasteiger partial charge is 0.320 e. The van der Waals surface area contributed by atoms with Crippen LogP contribution in [0.2, 0.25) is 0 Å². The molecule has 0 saturated carbocycles. The molecule has 2 nitrogen and oxygen atoms in total. The minimum absolute atomic E-state index is 0.0468.